The van der Waals surface area contributed by atoms with Crippen LogP contribution < -0.4 is 10.2 Å². The molecule has 0 aliphatic carbocycles. The zero-order valence-electron chi connectivity index (χ0n) is 11.1. The lowest BCUT2D eigenvalue weighted by Crippen LogP contribution is -2.58. The molecule has 1 saturated heterocycles. The van der Waals surface area contributed by atoms with Crippen LogP contribution in [0.2, 0.25) is 0 Å². The first-order chi connectivity index (χ1) is 9.15. The fourth-order valence-electron chi connectivity index (χ4n) is 2.22. The molecule has 19 heavy (non-hydrogen) atoms. The molecular formula is C13H17N5O. The molecule has 2 rings (SSSR count). The number of nitrogens with zero attached hydrogens (tertiary/aromatic N) is 4. The number of amides is 1. The number of anilines is 1. The summed E-state index contributed by atoms with van der Waals surface area (Å²) in [5, 5.41) is 12.4. The smallest absolute Gasteiger partial charge is 0.246 e. The van der Waals surface area contributed by atoms with Crippen LogP contribution >= 0.6 is 0 Å². The minimum absolute atomic E-state index is 0.0277. The van der Waals surface area contributed by atoms with Gasteiger partial charge in [0.05, 0.1) is 17.4 Å². The Hall–Kier alpha value is -2.13. The first kappa shape index (κ1) is 13.3. The molecule has 6 heteroatoms. The Balaban J connectivity index is 2.35. The van der Waals surface area contributed by atoms with Crippen LogP contribution in [-0.2, 0) is 4.79 Å². The molecule has 6 nitrogen and oxygen atoms in total. The third-order valence-electron chi connectivity index (χ3n) is 3.20. The number of carbonyl (C=O) groups excluding carboxylic acids is 1. The fraction of sp³-hybridized carbons (Fsp3) is 0.462. The predicted molar refractivity (Wildman–Crippen MR) is 71.6 cm³/mol. The molecule has 0 bridgehead atoms. The van der Waals surface area contributed by atoms with Crippen LogP contribution in [0.25, 0.3) is 0 Å². The van der Waals surface area contributed by atoms with Gasteiger partial charge in [-0.05, 0) is 6.07 Å². The Bertz CT molecular complexity index is 508. The second-order valence-electron chi connectivity index (χ2n) is 4.65. The average Bonchev–Trinajstić information content (AvgIpc) is 2.46. The standard InChI is InChI=1S/C13H17N5O/c1-17(2)13(19)12-9-16-5-6-18(12)11-8-15-4-3-10(11)7-14/h3-4,8,12,16H,5-6,9H2,1-2H3. The number of aromatic nitrogens is 1. The predicted octanol–water partition coefficient (Wildman–Crippen LogP) is -0.180. The Morgan fingerprint density at radius 3 is 3.11 bits per heavy atom. The molecule has 1 fully saturated rings. The molecule has 0 saturated carbocycles. The SMILES string of the molecule is CN(C)C(=O)C1CNCCN1c1cnccc1C#N. The maximum Gasteiger partial charge on any atom is 0.246 e. The van der Waals surface area contributed by atoms with E-state index in [1.807, 2.05) is 4.90 Å². The zero-order valence-corrected chi connectivity index (χ0v) is 11.1. The lowest BCUT2D eigenvalue weighted by atomic mass is 10.1. The van der Waals surface area contributed by atoms with Gasteiger partial charge in [0.25, 0.3) is 0 Å². The van der Waals surface area contributed by atoms with Gasteiger partial charge in [-0.3, -0.25) is 9.78 Å². The number of pyridine rings is 1. The highest BCUT2D eigenvalue weighted by molar-refractivity contribution is 5.86. The van der Waals surface area contributed by atoms with Gasteiger partial charge in [-0.1, -0.05) is 0 Å². The summed E-state index contributed by atoms with van der Waals surface area (Å²) < 4.78 is 0. The molecule has 1 N–H and O–H groups in total. The van der Waals surface area contributed by atoms with Gasteiger partial charge < -0.3 is 15.1 Å². The highest BCUT2D eigenvalue weighted by Gasteiger charge is 2.31. The molecule has 100 valence electrons. The van der Waals surface area contributed by atoms with E-state index in [0.29, 0.717) is 18.7 Å². The van der Waals surface area contributed by atoms with Crippen molar-refractivity contribution in [3.05, 3.63) is 24.0 Å². The molecular weight excluding hydrogens is 242 g/mol. The number of rotatable bonds is 2. The second kappa shape index (κ2) is 5.67. The molecule has 0 spiro atoms. The first-order valence-electron chi connectivity index (χ1n) is 6.17. The van der Waals surface area contributed by atoms with Crippen LogP contribution in [0, 0.1) is 11.3 Å². The second-order valence-corrected chi connectivity index (χ2v) is 4.65. The number of nitriles is 1. The number of hydrogen-bond acceptors (Lipinski definition) is 5. The Labute approximate surface area is 112 Å². The van der Waals surface area contributed by atoms with E-state index in [1.54, 1.807) is 37.5 Å². The molecule has 1 aromatic rings. The summed E-state index contributed by atoms with van der Waals surface area (Å²) in [6, 6.07) is 3.54. The van der Waals surface area contributed by atoms with Gasteiger partial charge in [-0.25, -0.2) is 0 Å². The normalized spacial score (nSPS) is 18.8. The van der Waals surface area contributed by atoms with E-state index in [1.165, 1.54) is 0 Å². The average molecular weight is 259 g/mol. The lowest BCUT2D eigenvalue weighted by Gasteiger charge is -2.38. The summed E-state index contributed by atoms with van der Waals surface area (Å²) in [7, 11) is 3.48. The van der Waals surface area contributed by atoms with Crippen LogP contribution in [0.3, 0.4) is 0 Å². The van der Waals surface area contributed by atoms with Crippen molar-refractivity contribution in [3.63, 3.8) is 0 Å². The van der Waals surface area contributed by atoms with Crippen molar-refractivity contribution >= 4 is 11.6 Å². The third-order valence-corrected chi connectivity index (χ3v) is 3.20. The van der Waals surface area contributed by atoms with E-state index < -0.39 is 0 Å². The van der Waals surface area contributed by atoms with Crippen molar-refractivity contribution < 1.29 is 4.79 Å². The van der Waals surface area contributed by atoms with Crippen molar-refractivity contribution in [3.8, 4) is 6.07 Å². The van der Waals surface area contributed by atoms with Gasteiger partial charge in [0.2, 0.25) is 5.91 Å². The molecule has 1 atom stereocenters. The van der Waals surface area contributed by atoms with Crippen LogP contribution in [0.5, 0.6) is 0 Å². The number of carbonyl (C=O) groups is 1. The molecule has 1 aliphatic rings. The van der Waals surface area contributed by atoms with Crippen molar-refractivity contribution in [1.29, 1.82) is 5.26 Å². The molecule has 0 radical (unpaired) electrons. The number of likely N-dealkylation sites (N-methyl/N-ethyl adjacent to an activating group) is 1. The molecule has 2 heterocycles. The minimum atomic E-state index is -0.292. The summed E-state index contributed by atoms with van der Waals surface area (Å²) >= 11 is 0. The summed E-state index contributed by atoms with van der Waals surface area (Å²) in [6.45, 7) is 2.05. The van der Waals surface area contributed by atoms with Gasteiger partial charge in [0, 0.05) is 39.9 Å². The number of nitrogens with one attached hydrogen (secondary N) is 1. The van der Waals surface area contributed by atoms with E-state index in [9.17, 15) is 4.79 Å². The molecule has 0 aromatic carbocycles. The maximum absolute atomic E-state index is 12.2. The van der Waals surface area contributed by atoms with Crippen molar-refractivity contribution in [2.75, 3.05) is 38.6 Å². The van der Waals surface area contributed by atoms with Crippen molar-refractivity contribution in [2.24, 2.45) is 0 Å². The Kier molecular flexibility index (Phi) is 3.97. The summed E-state index contributed by atoms with van der Waals surface area (Å²) in [5.41, 5.74) is 1.28. The molecule has 1 aliphatic heterocycles. The summed E-state index contributed by atoms with van der Waals surface area (Å²) in [6.07, 6.45) is 3.24. The largest absolute Gasteiger partial charge is 0.355 e. The van der Waals surface area contributed by atoms with Crippen LogP contribution in [0.15, 0.2) is 18.5 Å². The Morgan fingerprint density at radius 1 is 1.63 bits per heavy atom. The monoisotopic (exact) mass is 259 g/mol. The van der Waals surface area contributed by atoms with E-state index in [0.717, 1.165) is 12.2 Å². The minimum Gasteiger partial charge on any atom is -0.355 e. The van der Waals surface area contributed by atoms with Gasteiger partial charge in [0.15, 0.2) is 0 Å². The van der Waals surface area contributed by atoms with Crippen molar-refractivity contribution in [2.45, 2.75) is 6.04 Å². The van der Waals surface area contributed by atoms with Gasteiger partial charge in [-0.2, -0.15) is 5.26 Å². The lowest BCUT2D eigenvalue weighted by molar-refractivity contribution is -0.130. The highest BCUT2D eigenvalue weighted by Crippen LogP contribution is 2.22. The summed E-state index contributed by atoms with van der Waals surface area (Å²) in [4.78, 5) is 19.8. The van der Waals surface area contributed by atoms with E-state index in [2.05, 4.69) is 16.4 Å². The highest BCUT2D eigenvalue weighted by atomic mass is 16.2. The maximum atomic E-state index is 12.2. The quantitative estimate of drug-likeness (QED) is 0.797. The van der Waals surface area contributed by atoms with Crippen molar-refractivity contribution in [1.82, 2.24) is 15.2 Å². The van der Waals surface area contributed by atoms with E-state index in [-0.39, 0.29) is 11.9 Å². The third kappa shape index (κ3) is 2.66. The van der Waals surface area contributed by atoms with Crippen LogP contribution in [0.1, 0.15) is 5.56 Å². The van der Waals surface area contributed by atoms with E-state index in [4.69, 9.17) is 5.26 Å². The van der Waals surface area contributed by atoms with E-state index >= 15 is 0 Å². The first-order valence-corrected chi connectivity index (χ1v) is 6.17. The molecule has 1 amide bonds. The van der Waals surface area contributed by atoms with Crippen LogP contribution in [0.4, 0.5) is 5.69 Å². The number of piperazine rings is 1. The fourth-order valence-corrected chi connectivity index (χ4v) is 2.22. The van der Waals surface area contributed by atoms with Gasteiger partial charge in [0.1, 0.15) is 12.1 Å². The number of hydrogen-bond donors (Lipinski definition) is 1. The molecule has 1 aromatic heterocycles. The Morgan fingerprint density at radius 2 is 2.42 bits per heavy atom. The zero-order chi connectivity index (χ0) is 13.8. The van der Waals surface area contributed by atoms with Crippen LogP contribution in [-0.4, -0.2) is 55.6 Å². The van der Waals surface area contributed by atoms with Gasteiger partial charge in [-0.15, -0.1) is 0 Å². The summed E-state index contributed by atoms with van der Waals surface area (Å²) in [5.74, 6) is 0.0277. The van der Waals surface area contributed by atoms with Gasteiger partial charge >= 0.3 is 0 Å². The topological polar surface area (TPSA) is 72.3 Å². The molecule has 1 unspecified atom stereocenters.